The summed E-state index contributed by atoms with van der Waals surface area (Å²) in [5, 5.41) is 7.76. The molecule has 0 radical (unpaired) electrons. The number of nitrogens with zero attached hydrogens (tertiary/aromatic N) is 3. The fraction of sp³-hybridized carbons (Fsp3) is 0.600. The molecule has 0 amide bonds. The molecule has 0 saturated carbocycles. The van der Waals surface area contributed by atoms with Crippen LogP contribution in [-0.2, 0) is 6.54 Å². The van der Waals surface area contributed by atoms with E-state index in [0.717, 1.165) is 0 Å². The van der Waals surface area contributed by atoms with Crippen LogP contribution >= 0.6 is 0 Å². The van der Waals surface area contributed by atoms with Crippen molar-refractivity contribution in [1.82, 2.24) is 15.0 Å². The van der Waals surface area contributed by atoms with Gasteiger partial charge in [0.25, 0.3) is 0 Å². The molecule has 0 aliphatic carbocycles. The van der Waals surface area contributed by atoms with Crippen molar-refractivity contribution in [2.24, 2.45) is 5.73 Å². The van der Waals surface area contributed by atoms with Crippen molar-refractivity contribution < 1.29 is 0 Å². The highest BCUT2D eigenvalue weighted by Crippen LogP contribution is 1.81. The molecule has 1 rings (SSSR count). The van der Waals surface area contributed by atoms with Crippen molar-refractivity contribution in [2.75, 3.05) is 0 Å². The van der Waals surface area contributed by atoms with Crippen LogP contribution in [0.2, 0.25) is 0 Å². The molecule has 1 aromatic rings. The zero-order valence-corrected chi connectivity index (χ0v) is 5.36. The first-order chi connectivity index (χ1) is 4.29. The van der Waals surface area contributed by atoms with Gasteiger partial charge in [-0.05, 0) is 6.92 Å². The van der Waals surface area contributed by atoms with Gasteiger partial charge < -0.3 is 5.73 Å². The largest absolute Gasteiger partial charge is 0.326 e. The smallest absolute Gasteiger partial charge is 0.0755 e. The Kier molecular flexibility index (Phi) is 1.79. The molecule has 0 fully saturated rings. The molecule has 1 heterocycles. The standard InChI is InChI=1S/C5H10N4/c1-5(6)4-9-7-2-3-8-9/h2-3,5H,4,6H2,1H3/t5-/m1/s1. The third-order valence-electron chi connectivity index (χ3n) is 0.918. The minimum absolute atomic E-state index is 0.123. The molecule has 4 heteroatoms. The van der Waals surface area contributed by atoms with E-state index < -0.39 is 0 Å². The molecule has 0 bridgehead atoms. The topological polar surface area (TPSA) is 56.7 Å². The van der Waals surface area contributed by atoms with Crippen LogP contribution in [0.15, 0.2) is 12.4 Å². The van der Waals surface area contributed by atoms with Crippen molar-refractivity contribution in [3.05, 3.63) is 12.4 Å². The summed E-state index contributed by atoms with van der Waals surface area (Å²) < 4.78 is 0. The summed E-state index contributed by atoms with van der Waals surface area (Å²) in [5.74, 6) is 0. The minimum Gasteiger partial charge on any atom is -0.326 e. The summed E-state index contributed by atoms with van der Waals surface area (Å²) in [7, 11) is 0. The van der Waals surface area contributed by atoms with E-state index in [1.807, 2.05) is 6.92 Å². The fourth-order valence-electron chi connectivity index (χ4n) is 0.595. The van der Waals surface area contributed by atoms with Crippen molar-refractivity contribution in [3.63, 3.8) is 0 Å². The third-order valence-corrected chi connectivity index (χ3v) is 0.918. The van der Waals surface area contributed by atoms with Gasteiger partial charge in [-0.1, -0.05) is 0 Å². The Bertz CT molecular complexity index is 155. The predicted molar refractivity (Wildman–Crippen MR) is 33.7 cm³/mol. The fourth-order valence-corrected chi connectivity index (χ4v) is 0.595. The average Bonchev–Trinajstić information content (AvgIpc) is 2.15. The molecule has 4 nitrogen and oxygen atoms in total. The molecule has 0 unspecified atom stereocenters. The van der Waals surface area contributed by atoms with Crippen molar-refractivity contribution in [3.8, 4) is 0 Å². The molecule has 0 saturated heterocycles. The summed E-state index contributed by atoms with van der Waals surface area (Å²) in [4.78, 5) is 1.57. The van der Waals surface area contributed by atoms with Crippen molar-refractivity contribution >= 4 is 0 Å². The number of hydrogen-bond acceptors (Lipinski definition) is 3. The van der Waals surface area contributed by atoms with Crippen molar-refractivity contribution in [2.45, 2.75) is 19.5 Å². The molecule has 0 aliphatic rings. The van der Waals surface area contributed by atoms with Crippen LogP contribution in [0.3, 0.4) is 0 Å². The number of nitrogens with two attached hydrogens (primary N) is 1. The molecule has 1 atom stereocenters. The monoisotopic (exact) mass is 126 g/mol. The lowest BCUT2D eigenvalue weighted by atomic mass is 10.4. The van der Waals surface area contributed by atoms with E-state index in [2.05, 4.69) is 10.2 Å². The van der Waals surface area contributed by atoms with Crippen LogP contribution in [0.4, 0.5) is 0 Å². The quantitative estimate of drug-likeness (QED) is 0.588. The zero-order valence-electron chi connectivity index (χ0n) is 5.36. The Labute approximate surface area is 53.7 Å². The lowest BCUT2D eigenvalue weighted by Gasteiger charge is -2.01. The lowest BCUT2D eigenvalue weighted by molar-refractivity contribution is 0.482. The summed E-state index contributed by atoms with van der Waals surface area (Å²) in [6, 6.07) is 0.123. The minimum atomic E-state index is 0.123. The van der Waals surface area contributed by atoms with Gasteiger partial charge in [-0.25, -0.2) is 0 Å². The lowest BCUT2D eigenvalue weighted by Crippen LogP contribution is -2.23. The molecule has 9 heavy (non-hydrogen) atoms. The van der Waals surface area contributed by atoms with E-state index in [9.17, 15) is 0 Å². The predicted octanol–water partition coefficient (Wildman–Crippen LogP) is -0.375. The van der Waals surface area contributed by atoms with Crippen LogP contribution in [0, 0.1) is 0 Å². The van der Waals surface area contributed by atoms with Gasteiger partial charge in [-0.15, -0.1) is 0 Å². The highest BCUT2D eigenvalue weighted by molar-refractivity contribution is 4.61. The molecule has 2 N–H and O–H groups in total. The molecule has 0 aliphatic heterocycles. The number of hydrogen-bond donors (Lipinski definition) is 1. The van der Waals surface area contributed by atoms with E-state index in [-0.39, 0.29) is 6.04 Å². The highest BCUT2D eigenvalue weighted by Gasteiger charge is 1.94. The summed E-state index contributed by atoms with van der Waals surface area (Å²) in [5.41, 5.74) is 5.48. The Balaban J connectivity index is 2.48. The zero-order chi connectivity index (χ0) is 6.69. The summed E-state index contributed by atoms with van der Waals surface area (Å²) in [6.07, 6.45) is 3.28. The molecule has 1 aromatic heterocycles. The Morgan fingerprint density at radius 2 is 2.11 bits per heavy atom. The van der Waals surface area contributed by atoms with Crippen LogP contribution in [0.1, 0.15) is 6.92 Å². The molecule has 0 aromatic carbocycles. The van der Waals surface area contributed by atoms with E-state index in [1.165, 1.54) is 0 Å². The second-order valence-corrected chi connectivity index (χ2v) is 2.06. The first kappa shape index (κ1) is 6.22. The van der Waals surface area contributed by atoms with Gasteiger partial charge in [0, 0.05) is 6.04 Å². The van der Waals surface area contributed by atoms with Crippen molar-refractivity contribution in [1.29, 1.82) is 0 Å². The normalized spacial score (nSPS) is 13.6. The van der Waals surface area contributed by atoms with E-state index in [1.54, 1.807) is 17.2 Å². The second kappa shape index (κ2) is 2.59. The SMILES string of the molecule is C[C@@H](N)Cn1nccn1. The van der Waals surface area contributed by atoms with Crippen LogP contribution in [-0.4, -0.2) is 21.0 Å². The van der Waals surface area contributed by atoms with Gasteiger partial charge in [0.1, 0.15) is 0 Å². The Morgan fingerprint density at radius 1 is 1.56 bits per heavy atom. The maximum atomic E-state index is 5.48. The van der Waals surface area contributed by atoms with E-state index in [4.69, 9.17) is 5.73 Å². The number of aromatic nitrogens is 3. The molecule has 50 valence electrons. The van der Waals surface area contributed by atoms with Gasteiger partial charge in [0.05, 0.1) is 18.9 Å². The maximum Gasteiger partial charge on any atom is 0.0755 e. The third kappa shape index (κ3) is 1.81. The average molecular weight is 126 g/mol. The number of rotatable bonds is 2. The van der Waals surface area contributed by atoms with E-state index >= 15 is 0 Å². The first-order valence-electron chi connectivity index (χ1n) is 2.88. The van der Waals surface area contributed by atoms with E-state index in [0.29, 0.717) is 6.54 Å². The van der Waals surface area contributed by atoms with Crippen LogP contribution in [0.25, 0.3) is 0 Å². The highest BCUT2D eigenvalue weighted by atomic mass is 15.5. The van der Waals surface area contributed by atoms with Crippen LogP contribution in [0.5, 0.6) is 0 Å². The van der Waals surface area contributed by atoms with Gasteiger partial charge >= 0.3 is 0 Å². The summed E-state index contributed by atoms with van der Waals surface area (Å²) >= 11 is 0. The van der Waals surface area contributed by atoms with Gasteiger partial charge in [-0.2, -0.15) is 15.0 Å². The molecule has 0 spiro atoms. The van der Waals surface area contributed by atoms with Gasteiger partial charge in [0.15, 0.2) is 0 Å². The molecular weight excluding hydrogens is 116 g/mol. The first-order valence-corrected chi connectivity index (χ1v) is 2.88. The Morgan fingerprint density at radius 3 is 2.56 bits per heavy atom. The van der Waals surface area contributed by atoms with Crippen LogP contribution < -0.4 is 5.73 Å². The van der Waals surface area contributed by atoms with Gasteiger partial charge in [-0.3, -0.25) is 0 Å². The van der Waals surface area contributed by atoms with Gasteiger partial charge in [0.2, 0.25) is 0 Å². The summed E-state index contributed by atoms with van der Waals surface area (Å²) in [6.45, 7) is 2.61. The second-order valence-electron chi connectivity index (χ2n) is 2.06. The Hall–Kier alpha value is -0.900. The maximum absolute atomic E-state index is 5.48. The molecular formula is C5H10N4.